The number of nitrogens with one attached hydrogen (secondary N) is 1. The van der Waals surface area contributed by atoms with Crippen molar-refractivity contribution in [2.45, 2.75) is 11.8 Å². The fourth-order valence-electron chi connectivity index (χ4n) is 3.90. The van der Waals surface area contributed by atoms with Crippen molar-refractivity contribution in [3.05, 3.63) is 105 Å². The lowest BCUT2D eigenvalue weighted by molar-refractivity contribution is -0.387. The molecule has 0 radical (unpaired) electrons. The standard InChI is InChI=1S/C26H25N5O7S/c1-18-25(26(33)30(28(18)2)20-9-5-4-6-10-20)27-24(32)17-38-21-15-13-19(14-16-21)29(3)39(36,37)23-12-8-7-11-22(23)31(34)35/h4-16H,17H2,1-3H3,(H,27,32). The molecular formula is C26H25N5O7S. The number of nitro groups is 1. The van der Waals surface area contributed by atoms with Gasteiger partial charge in [-0.25, -0.2) is 13.1 Å². The van der Waals surface area contributed by atoms with E-state index in [1.807, 2.05) is 6.07 Å². The summed E-state index contributed by atoms with van der Waals surface area (Å²) in [4.78, 5) is 35.6. The number of nitro benzene ring substituents is 1. The van der Waals surface area contributed by atoms with Crippen molar-refractivity contribution in [2.24, 2.45) is 7.05 Å². The van der Waals surface area contributed by atoms with Crippen molar-refractivity contribution in [3.63, 3.8) is 0 Å². The Kier molecular flexibility index (Phi) is 7.54. The van der Waals surface area contributed by atoms with Gasteiger partial charge in [-0.1, -0.05) is 30.3 Å². The molecule has 39 heavy (non-hydrogen) atoms. The Morgan fingerprint density at radius 1 is 1.03 bits per heavy atom. The number of carbonyl (C=O) groups is 1. The third-order valence-electron chi connectivity index (χ3n) is 6.09. The molecule has 202 valence electrons. The van der Waals surface area contributed by atoms with Gasteiger partial charge in [0.2, 0.25) is 0 Å². The Bertz CT molecular complexity index is 1690. The average Bonchev–Trinajstić information content (AvgIpc) is 3.15. The number of rotatable bonds is 9. The second kappa shape index (κ2) is 10.8. The number of para-hydroxylation sites is 2. The van der Waals surface area contributed by atoms with Gasteiger partial charge in [-0.2, -0.15) is 0 Å². The predicted octanol–water partition coefficient (Wildman–Crippen LogP) is 3.24. The fourth-order valence-corrected chi connectivity index (χ4v) is 5.25. The monoisotopic (exact) mass is 551 g/mol. The van der Waals surface area contributed by atoms with Crippen molar-refractivity contribution in [3.8, 4) is 11.4 Å². The zero-order valence-electron chi connectivity index (χ0n) is 21.3. The summed E-state index contributed by atoms with van der Waals surface area (Å²) in [5.74, 6) is -0.280. The molecule has 0 saturated carbocycles. The highest BCUT2D eigenvalue weighted by Gasteiger charge is 2.29. The number of benzene rings is 3. The van der Waals surface area contributed by atoms with Crippen LogP contribution in [0.25, 0.3) is 5.69 Å². The summed E-state index contributed by atoms with van der Waals surface area (Å²) in [6.07, 6.45) is 0. The summed E-state index contributed by atoms with van der Waals surface area (Å²) in [6, 6.07) is 19.9. The molecule has 0 saturated heterocycles. The van der Waals surface area contributed by atoms with Gasteiger partial charge in [-0.15, -0.1) is 0 Å². The van der Waals surface area contributed by atoms with Crippen LogP contribution in [-0.2, 0) is 21.9 Å². The lowest BCUT2D eigenvalue weighted by Gasteiger charge is -2.19. The molecule has 13 heteroatoms. The van der Waals surface area contributed by atoms with E-state index in [1.54, 1.807) is 42.9 Å². The lowest BCUT2D eigenvalue weighted by Crippen LogP contribution is -2.27. The molecule has 0 aliphatic rings. The Balaban J connectivity index is 1.44. The zero-order chi connectivity index (χ0) is 28.3. The van der Waals surface area contributed by atoms with Crippen LogP contribution in [0.3, 0.4) is 0 Å². The highest BCUT2D eigenvalue weighted by Crippen LogP contribution is 2.29. The molecule has 1 aromatic heterocycles. The fraction of sp³-hybridized carbons (Fsp3) is 0.154. The van der Waals surface area contributed by atoms with E-state index >= 15 is 0 Å². The van der Waals surface area contributed by atoms with E-state index in [-0.39, 0.29) is 22.7 Å². The van der Waals surface area contributed by atoms with Gasteiger partial charge < -0.3 is 10.1 Å². The summed E-state index contributed by atoms with van der Waals surface area (Å²) in [7, 11) is -1.23. The number of aromatic nitrogens is 2. The molecule has 0 aliphatic carbocycles. The van der Waals surface area contributed by atoms with Crippen molar-refractivity contribution >= 4 is 33.0 Å². The summed E-state index contributed by atoms with van der Waals surface area (Å²) < 4.78 is 35.5. The minimum atomic E-state index is -4.22. The molecular weight excluding hydrogens is 526 g/mol. The van der Waals surface area contributed by atoms with Gasteiger partial charge in [-0.05, 0) is 49.4 Å². The highest BCUT2D eigenvalue weighted by molar-refractivity contribution is 7.93. The second-order valence-corrected chi connectivity index (χ2v) is 10.4. The normalized spacial score (nSPS) is 11.2. The highest BCUT2D eigenvalue weighted by atomic mass is 32.2. The molecule has 4 rings (SSSR count). The van der Waals surface area contributed by atoms with Crippen LogP contribution >= 0.6 is 0 Å². The first-order chi connectivity index (χ1) is 18.5. The second-order valence-electron chi connectivity index (χ2n) is 8.46. The van der Waals surface area contributed by atoms with Crippen LogP contribution in [0.4, 0.5) is 17.1 Å². The van der Waals surface area contributed by atoms with Crippen molar-refractivity contribution in [1.82, 2.24) is 9.36 Å². The third kappa shape index (κ3) is 5.38. The van der Waals surface area contributed by atoms with Crippen LogP contribution in [0.5, 0.6) is 5.75 Å². The summed E-state index contributed by atoms with van der Waals surface area (Å²) in [5, 5.41) is 13.9. The maximum atomic E-state index is 13.0. The Morgan fingerprint density at radius 3 is 2.28 bits per heavy atom. The Hall–Kier alpha value is -4.91. The van der Waals surface area contributed by atoms with Gasteiger partial charge in [0.15, 0.2) is 11.5 Å². The maximum absolute atomic E-state index is 13.0. The molecule has 0 fully saturated rings. The zero-order valence-corrected chi connectivity index (χ0v) is 22.1. The van der Waals surface area contributed by atoms with Crippen LogP contribution in [-0.4, -0.2) is 42.3 Å². The summed E-state index contributed by atoms with van der Waals surface area (Å²) in [5.41, 5.74) is 0.656. The van der Waals surface area contributed by atoms with Gasteiger partial charge >= 0.3 is 0 Å². The molecule has 4 aromatic rings. The van der Waals surface area contributed by atoms with Crippen molar-refractivity contribution in [2.75, 3.05) is 23.3 Å². The van der Waals surface area contributed by atoms with Gasteiger partial charge in [0.05, 0.1) is 22.0 Å². The van der Waals surface area contributed by atoms with E-state index in [1.165, 1.54) is 54.2 Å². The molecule has 0 aliphatic heterocycles. The van der Waals surface area contributed by atoms with Crippen LogP contribution in [0.1, 0.15) is 5.69 Å². The van der Waals surface area contributed by atoms with Gasteiger partial charge in [0, 0.05) is 20.2 Å². The predicted molar refractivity (Wildman–Crippen MR) is 145 cm³/mol. The molecule has 12 nitrogen and oxygen atoms in total. The number of hydrogen-bond donors (Lipinski definition) is 1. The quantitative estimate of drug-likeness (QED) is 0.248. The minimum absolute atomic E-state index is 0.132. The van der Waals surface area contributed by atoms with Crippen molar-refractivity contribution < 1.29 is 22.9 Å². The number of hydrogen-bond acceptors (Lipinski definition) is 7. The van der Waals surface area contributed by atoms with E-state index in [0.29, 0.717) is 11.4 Å². The topological polar surface area (TPSA) is 146 Å². The van der Waals surface area contributed by atoms with Crippen LogP contribution in [0.2, 0.25) is 0 Å². The van der Waals surface area contributed by atoms with Crippen LogP contribution in [0.15, 0.2) is 88.6 Å². The molecule has 0 unspecified atom stereocenters. The van der Waals surface area contributed by atoms with Crippen molar-refractivity contribution in [1.29, 1.82) is 0 Å². The number of carbonyl (C=O) groups excluding carboxylic acids is 1. The van der Waals surface area contributed by atoms with Crippen LogP contribution in [0, 0.1) is 17.0 Å². The molecule has 1 N–H and O–H groups in total. The third-order valence-corrected chi connectivity index (χ3v) is 7.92. The summed E-state index contributed by atoms with van der Waals surface area (Å²) >= 11 is 0. The smallest absolute Gasteiger partial charge is 0.295 e. The molecule has 1 amide bonds. The first kappa shape index (κ1) is 27.1. The van der Waals surface area contributed by atoms with E-state index < -0.39 is 38.0 Å². The first-order valence-electron chi connectivity index (χ1n) is 11.6. The minimum Gasteiger partial charge on any atom is -0.484 e. The average molecular weight is 552 g/mol. The number of anilines is 2. The number of amides is 1. The molecule has 0 atom stereocenters. The van der Waals surface area contributed by atoms with Gasteiger partial charge in [0.25, 0.3) is 27.2 Å². The maximum Gasteiger partial charge on any atom is 0.295 e. The van der Waals surface area contributed by atoms with Crippen LogP contribution < -0.4 is 19.9 Å². The Morgan fingerprint density at radius 2 is 1.64 bits per heavy atom. The largest absolute Gasteiger partial charge is 0.484 e. The first-order valence-corrected chi connectivity index (χ1v) is 13.1. The SMILES string of the molecule is Cc1c(NC(=O)COc2ccc(N(C)S(=O)(=O)c3ccccc3[N+](=O)[O-])cc2)c(=O)n(-c2ccccc2)n1C. The van der Waals surface area contributed by atoms with E-state index in [2.05, 4.69) is 5.32 Å². The lowest BCUT2D eigenvalue weighted by atomic mass is 10.3. The van der Waals surface area contributed by atoms with E-state index in [4.69, 9.17) is 4.74 Å². The molecule has 0 spiro atoms. The number of sulfonamides is 1. The molecule has 1 heterocycles. The number of nitrogens with zero attached hydrogens (tertiary/aromatic N) is 4. The molecule has 3 aromatic carbocycles. The van der Waals surface area contributed by atoms with Gasteiger partial charge in [0.1, 0.15) is 11.4 Å². The molecule has 0 bridgehead atoms. The van der Waals surface area contributed by atoms with E-state index in [0.717, 1.165) is 10.4 Å². The number of ether oxygens (including phenoxy) is 1. The summed E-state index contributed by atoms with van der Waals surface area (Å²) in [6.45, 7) is 1.31. The van der Waals surface area contributed by atoms with Gasteiger partial charge in [-0.3, -0.25) is 28.7 Å². The van der Waals surface area contributed by atoms with E-state index in [9.17, 15) is 28.1 Å². The Labute approximate surface area is 223 Å².